The molecule has 294 valence electrons. The van der Waals surface area contributed by atoms with Crippen LogP contribution in [-0.4, -0.2) is 71.5 Å². The van der Waals surface area contributed by atoms with Crippen molar-refractivity contribution < 1.29 is 39.1 Å². The number of nitrogens with one attached hydrogen (secondary N) is 1. The van der Waals surface area contributed by atoms with E-state index in [1.807, 2.05) is 72.4 Å². The molecule has 0 saturated carbocycles. The maximum absolute atomic E-state index is 12.3. The number of amides is 2. The highest BCUT2D eigenvalue weighted by molar-refractivity contribution is 5.77. The van der Waals surface area contributed by atoms with E-state index in [1.54, 1.807) is 48.5 Å². The highest BCUT2D eigenvalue weighted by Crippen LogP contribution is 2.33. The van der Waals surface area contributed by atoms with E-state index in [9.17, 15) is 19.8 Å². The highest BCUT2D eigenvalue weighted by atomic mass is 16.5. The summed E-state index contributed by atoms with van der Waals surface area (Å²) in [5.74, 6) is 3.44. The van der Waals surface area contributed by atoms with Crippen LogP contribution in [0.2, 0.25) is 0 Å². The summed E-state index contributed by atoms with van der Waals surface area (Å²) in [5, 5.41) is 30.1. The Kier molecular flexibility index (Phi) is 20.3. The first-order valence-corrected chi connectivity index (χ1v) is 18.9. The molecule has 54 heavy (non-hydrogen) atoms. The summed E-state index contributed by atoms with van der Waals surface area (Å²) in [6, 6.07) is 21.4. The van der Waals surface area contributed by atoms with Crippen molar-refractivity contribution in [2.75, 3.05) is 39.5 Å². The molecule has 0 atom stereocenters. The van der Waals surface area contributed by atoms with Crippen LogP contribution in [0, 0.1) is 27.7 Å². The second-order valence-electron chi connectivity index (χ2n) is 12.3. The zero-order valence-corrected chi connectivity index (χ0v) is 33.3. The summed E-state index contributed by atoms with van der Waals surface area (Å²) >= 11 is 0. The number of nitrogens with zero attached hydrogens (tertiary/aromatic N) is 1. The molecule has 4 aromatic carbocycles. The molecular formula is C44H60N2O8. The number of hydrogen-bond donors (Lipinski definition) is 4. The Hall–Kier alpha value is -5.06. The molecule has 1 heterocycles. The van der Waals surface area contributed by atoms with Gasteiger partial charge in [-0.2, -0.15) is 0 Å². The summed E-state index contributed by atoms with van der Waals surface area (Å²) in [6.45, 7) is 18.8. The fourth-order valence-corrected chi connectivity index (χ4v) is 5.66. The minimum atomic E-state index is -0.0787. The van der Waals surface area contributed by atoms with E-state index in [2.05, 4.69) is 17.4 Å². The molecular weight excluding hydrogens is 684 g/mol. The maximum Gasteiger partial charge on any atom is 0.223 e. The van der Waals surface area contributed by atoms with Gasteiger partial charge in [-0.1, -0.05) is 52.0 Å². The van der Waals surface area contributed by atoms with Gasteiger partial charge in [0.05, 0.1) is 19.8 Å². The van der Waals surface area contributed by atoms with Crippen LogP contribution in [0.3, 0.4) is 0 Å². The van der Waals surface area contributed by atoms with Crippen LogP contribution in [0.25, 0.3) is 0 Å². The number of phenols is 2. The van der Waals surface area contributed by atoms with Crippen molar-refractivity contribution in [3.05, 3.63) is 106 Å². The highest BCUT2D eigenvalue weighted by Gasteiger charge is 2.17. The third-order valence-corrected chi connectivity index (χ3v) is 8.40. The molecule has 10 heteroatoms. The van der Waals surface area contributed by atoms with Crippen LogP contribution in [0.1, 0.15) is 73.9 Å². The van der Waals surface area contributed by atoms with Crippen molar-refractivity contribution in [3.63, 3.8) is 0 Å². The number of aliphatic hydroxyl groups excluding tert-OH is 1. The Morgan fingerprint density at radius 1 is 0.704 bits per heavy atom. The average Bonchev–Trinajstić information content (AvgIpc) is 3.19. The van der Waals surface area contributed by atoms with Crippen LogP contribution >= 0.6 is 0 Å². The molecule has 0 aromatic heterocycles. The first-order valence-electron chi connectivity index (χ1n) is 18.9. The van der Waals surface area contributed by atoms with Gasteiger partial charge in [0, 0.05) is 32.5 Å². The summed E-state index contributed by atoms with van der Waals surface area (Å²) < 4.78 is 17.2. The van der Waals surface area contributed by atoms with Gasteiger partial charge in [0.15, 0.2) is 0 Å². The van der Waals surface area contributed by atoms with Gasteiger partial charge < -0.3 is 39.7 Å². The number of carbonyl (C=O) groups is 2. The van der Waals surface area contributed by atoms with E-state index in [-0.39, 0.29) is 36.5 Å². The zero-order valence-electron chi connectivity index (χ0n) is 33.3. The molecule has 0 unspecified atom stereocenters. The molecule has 0 radical (unpaired) electrons. The number of aliphatic hydroxyl groups is 1. The van der Waals surface area contributed by atoms with Gasteiger partial charge in [0.25, 0.3) is 0 Å². The lowest BCUT2D eigenvalue weighted by Crippen LogP contribution is -2.40. The van der Waals surface area contributed by atoms with E-state index >= 15 is 0 Å². The van der Waals surface area contributed by atoms with Crippen molar-refractivity contribution >= 4 is 11.8 Å². The third-order valence-electron chi connectivity index (χ3n) is 8.40. The number of ether oxygens (including phenoxy) is 3. The van der Waals surface area contributed by atoms with Gasteiger partial charge in [-0.05, 0) is 122 Å². The van der Waals surface area contributed by atoms with Crippen molar-refractivity contribution in [3.8, 4) is 34.5 Å². The van der Waals surface area contributed by atoms with Crippen molar-refractivity contribution in [1.82, 2.24) is 10.2 Å². The average molecular weight is 745 g/mol. The van der Waals surface area contributed by atoms with E-state index in [4.69, 9.17) is 19.3 Å². The van der Waals surface area contributed by atoms with Gasteiger partial charge in [0.1, 0.15) is 34.5 Å². The Bertz CT molecular complexity index is 1690. The van der Waals surface area contributed by atoms with Crippen LogP contribution in [0.5, 0.6) is 34.5 Å². The van der Waals surface area contributed by atoms with Gasteiger partial charge in [-0.25, -0.2) is 0 Å². The smallest absolute Gasteiger partial charge is 0.223 e. The van der Waals surface area contributed by atoms with E-state index < -0.39 is 0 Å². The SMILES string of the molecule is CC.CC.Cc1cc(CCC(=O)N2CCOCC2)cc(C)c1Oc1ccc(O)cc1.Cc1ccc(CCC(=O)NCCO)c(C)c1Oc1ccc(O)cc1. The second kappa shape index (κ2) is 24.3. The molecule has 1 fully saturated rings. The molecule has 0 spiro atoms. The topological polar surface area (TPSA) is 138 Å². The first-order chi connectivity index (χ1) is 26.0. The van der Waals surface area contributed by atoms with Gasteiger partial charge in [-0.15, -0.1) is 0 Å². The van der Waals surface area contributed by atoms with Crippen LogP contribution in [-0.2, 0) is 27.2 Å². The van der Waals surface area contributed by atoms with Crippen molar-refractivity contribution in [2.24, 2.45) is 0 Å². The first kappa shape index (κ1) is 45.1. The molecule has 1 aliphatic rings. The standard InChI is InChI=1S/C21H25NO4.C19H23NO4.2C2H6/c1-15-13-17(3-8-20(24)22-9-11-25-12-10-22)14-16(2)21(15)26-19-6-4-18(23)5-7-19;1-13-3-4-15(5-10-18(23)20-11-12-21)14(2)19(13)24-17-8-6-16(22)7-9-17;2*1-2/h4-7,13-14,23H,3,8-12H2,1-2H3;3-4,6-9,21-22H,5,10-12H2,1-2H3,(H,20,23);2*1-2H3. The van der Waals surface area contributed by atoms with E-state index in [0.717, 1.165) is 51.3 Å². The fraction of sp³-hybridized carbons (Fsp3) is 0.409. The Morgan fingerprint density at radius 2 is 1.22 bits per heavy atom. The Morgan fingerprint density at radius 3 is 1.74 bits per heavy atom. The summed E-state index contributed by atoms with van der Waals surface area (Å²) in [4.78, 5) is 25.9. The number of hydrogen-bond acceptors (Lipinski definition) is 8. The van der Waals surface area contributed by atoms with E-state index in [1.165, 1.54) is 0 Å². The number of phenolic OH excluding ortho intramolecular Hbond substituents is 2. The van der Waals surface area contributed by atoms with Crippen molar-refractivity contribution in [1.29, 1.82) is 0 Å². The summed E-state index contributed by atoms with van der Waals surface area (Å²) in [5.41, 5.74) is 6.26. The maximum atomic E-state index is 12.3. The molecule has 4 N–H and O–H groups in total. The molecule has 0 bridgehead atoms. The Labute approximate surface area is 321 Å². The number of benzene rings is 4. The molecule has 1 aliphatic heterocycles. The molecule has 1 saturated heterocycles. The normalized spacial score (nSPS) is 11.8. The lowest BCUT2D eigenvalue weighted by molar-refractivity contribution is -0.135. The van der Waals surface area contributed by atoms with Gasteiger partial charge in [-0.3, -0.25) is 9.59 Å². The number of aromatic hydroxyl groups is 2. The molecule has 5 rings (SSSR count). The minimum Gasteiger partial charge on any atom is -0.508 e. The molecule has 2 amide bonds. The molecule has 0 aliphatic carbocycles. The predicted molar refractivity (Wildman–Crippen MR) is 215 cm³/mol. The predicted octanol–water partition coefficient (Wildman–Crippen LogP) is 8.49. The number of carbonyl (C=O) groups excluding carboxylic acids is 2. The van der Waals surface area contributed by atoms with Gasteiger partial charge in [0.2, 0.25) is 11.8 Å². The number of morpholine rings is 1. The lowest BCUT2D eigenvalue weighted by atomic mass is 10.00. The largest absolute Gasteiger partial charge is 0.508 e. The van der Waals surface area contributed by atoms with Crippen LogP contribution in [0.15, 0.2) is 72.8 Å². The fourth-order valence-electron chi connectivity index (χ4n) is 5.66. The summed E-state index contributed by atoms with van der Waals surface area (Å²) in [6.07, 6.45) is 2.20. The monoisotopic (exact) mass is 744 g/mol. The van der Waals surface area contributed by atoms with Crippen LogP contribution < -0.4 is 14.8 Å². The molecule has 10 nitrogen and oxygen atoms in total. The van der Waals surface area contributed by atoms with E-state index in [0.29, 0.717) is 57.1 Å². The quantitative estimate of drug-likeness (QED) is 0.113. The number of aryl methyl sites for hydroxylation is 5. The zero-order chi connectivity index (χ0) is 40.0. The molecule has 4 aromatic rings. The van der Waals surface area contributed by atoms with Gasteiger partial charge >= 0.3 is 0 Å². The summed E-state index contributed by atoms with van der Waals surface area (Å²) in [7, 11) is 0. The van der Waals surface area contributed by atoms with Crippen molar-refractivity contribution in [2.45, 2.75) is 81.1 Å². The minimum absolute atomic E-state index is 0.0556. The second-order valence-corrected chi connectivity index (χ2v) is 12.3. The third kappa shape index (κ3) is 14.8. The number of rotatable bonds is 12. The van der Waals surface area contributed by atoms with Crippen LogP contribution in [0.4, 0.5) is 0 Å². The lowest BCUT2D eigenvalue weighted by Gasteiger charge is -2.26. The Balaban J connectivity index is 0.000000343.